The first-order chi connectivity index (χ1) is 12.3. The number of aromatic nitrogens is 3. The van der Waals surface area contributed by atoms with Crippen LogP contribution in [-0.2, 0) is 6.18 Å². The summed E-state index contributed by atoms with van der Waals surface area (Å²) in [5.74, 6) is 0.455. The molecule has 1 heterocycles. The molecule has 0 saturated heterocycles. The van der Waals surface area contributed by atoms with Crippen molar-refractivity contribution in [2.45, 2.75) is 13.1 Å². The Morgan fingerprint density at radius 2 is 1.77 bits per heavy atom. The van der Waals surface area contributed by atoms with Crippen LogP contribution in [0.2, 0.25) is 5.02 Å². The number of anilines is 4. The lowest BCUT2D eigenvalue weighted by atomic mass is 10.2. The van der Waals surface area contributed by atoms with Crippen LogP contribution in [0.1, 0.15) is 11.1 Å². The first-order valence-electron chi connectivity index (χ1n) is 7.48. The van der Waals surface area contributed by atoms with Gasteiger partial charge in [0.05, 0.1) is 16.8 Å². The second-order valence-corrected chi connectivity index (χ2v) is 5.88. The summed E-state index contributed by atoms with van der Waals surface area (Å²) in [6, 6.07) is 11.1. The zero-order valence-electron chi connectivity index (χ0n) is 13.5. The molecule has 0 fully saturated rings. The molecule has 0 spiro atoms. The van der Waals surface area contributed by atoms with Crippen LogP contribution in [0, 0.1) is 6.92 Å². The molecular formula is C17H13ClF3N5. The molecule has 26 heavy (non-hydrogen) atoms. The number of alkyl halides is 3. The number of rotatable bonds is 4. The van der Waals surface area contributed by atoms with Crippen molar-refractivity contribution < 1.29 is 13.2 Å². The van der Waals surface area contributed by atoms with Gasteiger partial charge in [0.25, 0.3) is 0 Å². The Morgan fingerprint density at radius 1 is 1.00 bits per heavy atom. The van der Waals surface area contributed by atoms with Crippen LogP contribution in [-0.4, -0.2) is 15.2 Å². The maximum atomic E-state index is 12.9. The monoisotopic (exact) mass is 379 g/mol. The molecule has 1 aromatic heterocycles. The highest BCUT2D eigenvalue weighted by atomic mass is 35.5. The van der Waals surface area contributed by atoms with Crippen LogP contribution in [0.25, 0.3) is 0 Å². The number of halogens is 4. The molecule has 9 heteroatoms. The number of hydrogen-bond donors (Lipinski definition) is 2. The molecule has 0 radical (unpaired) electrons. The van der Waals surface area contributed by atoms with Crippen molar-refractivity contribution in [2.24, 2.45) is 0 Å². The maximum absolute atomic E-state index is 12.9. The molecule has 0 amide bonds. The second-order valence-electron chi connectivity index (χ2n) is 5.48. The number of hydrogen-bond acceptors (Lipinski definition) is 5. The van der Waals surface area contributed by atoms with E-state index in [-0.39, 0.29) is 22.5 Å². The Kier molecular flexibility index (Phi) is 4.94. The van der Waals surface area contributed by atoms with Gasteiger partial charge in [0.15, 0.2) is 5.82 Å². The largest absolute Gasteiger partial charge is 0.417 e. The first-order valence-corrected chi connectivity index (χ1v) is 7.86. The third kappa shape index (κ3) is 4.40. The summed E-state index contributed by atoms with van der Waals surface area (Å²) in [6.45, 7) is 1.95. The smallest absolute Gasteiger partial charge is 0.339 e. The summed E-state index contributed by atoms with van der Waals surface area (Å²) in [5.41, 5.74) is 1.08. The van der Waals surface area contributed by atoms with E-state index in [0.29, 0.717) is 0 Å². The zero-order chi connectivity index (χ0) is 18.7. The van der Waals surface area contributed by atoms with E-state index in [1.165, 1.54) is 18.3 Å². The highest BCUT2D eigenvalue weighted by Crippen LogP contribution is 2.36. The van der Waals surface area contributed by atoms with Gasteiger partial charge in [-0.1, -0.05) is 23.7 Å². The van der Waals surface area contributed by atoms with E-state index in [1.54, 1.807) is 0 Å². The van der Waals surface area contributed by atoms with Crippen LogP contribution >= 0.6 is 11.6 Å². The van der Waals surface area contributed by atoms with Gasteiger partial charge in [-0.3, -0.25) is 0 Å². The molecule has 2 aromatic carbocycles. The average Bonchev–Trinajstić information content (AvgIpc) is 2.56. The SMILES string of the molecule is Cc1cccc(Nc2nncc(Nc3ccc(Cl)c(C(F)(F)F)c3)n2)c1. The van der Waals surface area contributed by atoms with Gasteiger partial charge < -0.3 is 10.6 Å². The normalized spacial score (nSPS) is 11.3. The summed E-state index contributed by atoms with van der Waals surface area (Å²) in [5, 5.41) is 13.1. The van der Waals surface area contributed by atoms with Crippen LogP contribution < -0.4 is 10.6 Å². The van der Waals surface area contributed by atoms with E-state index in [4.69, 9.17) is 11.6 Å². The lowest BCUT2D eigenvalue weighted by Gasteiger charge is -2.12. The molecule has 0 saturated carbocycles. The fourth-order valence-electron chi connectivity index (χ4n) is 2.24. The predicted molar refractivity (Wildman–Crippen MR) is 94.0 cm³/mol. The molecule has 0 unspecified atom stereocenters. The van der Waals surface area contributed by atoms with Gasteiger partial charge in [0, 0.05) is 11.4 Å². The highest BCUT2D eigenvalue weighted by Gasteiger charge is 2.33. The summed E-state index contributed by atoms with van der Waals surface area (Å²) in [4.78, 5) is 4.20. The van der Waals surface area contributed by atoms with Crippen molar-refractivity contribution in [3.8, 4) is 0 Å². The predicted octanol–water partition coefficient (Wildman–Crippen LogP) is 5.34. The number of nitrogens with zero attached hydrogens (tertiary/aromatic N) is 3. The summed E-state index contributed by atoms with van der Waals surface area (Å²) < 4.78 is 38.8. The van der Waals surface area contributed by atoms with Crippen molar-refractivity contribution in [3.05, 3.63) is 64.8 Å². The minimum atomic E-state index is -4.55. The number of nitrogens with one attached hydrogen (secondary N) is 2. The van der Waals surface area contributed by atoms with Crippen LogP contribution in [0.15, 0.2) is 48.7 Å². The molecule has 5 nitrogen and oxygen atoms in total. The van der Waals surface area contributed by atoms with E-state index < -0.39 is 11.7 Å². The Bertz CT molecular complexity index is 930. The fraction of sp³-hybridized carbons (Fsp3) is 0.118. The van der Waals surface area contributed by atoms with E-state index in [2.05, 4.69) is 25.8 Å². The van der Waals surface area contributed by atoms with E-state index >= 15 is 0 Å². The quantitative estimate of drug-likeness (QED) is 0.640. The Balaban J connectivity index is 1.81. The summed E-state index contributed by atoms with van der Waals surface area (Å²) in [7, 11) is 0. The molecule has 2 N–H and O–H groups in total. The average molecular weight is 380 g/mol. The van der Waals surface area contributed by atoms with Crippen molar-refractivity contribution in [1.82, 2.24) is 15.2 Å². The van der Waals surface area contributed by atoms with Crippen molar-refractivity contribution in [2.75, 3.05) is 10.6 Å². The third-order valence-corrected chi connectivity index (χ3v) is 3.71. The van der Waals surface area contributed by atoms with Gasteiger partial charge in [0.1, 0.15) is 0 Å². The minimum Gasteiger partial charge on any atom is -0.339 e. The second kappa shape index (κ2) is 7.17. The zero-order valence-corrected chi connectivity index (χ0v) is 14.2. The van der Waals surface area contributed by atoms with Crippen molar-refractivity contribution in [1.29, 1.82) is 0 Å². The molecule has 3 aromatic rings. The highest BCUT2D eigenvalue weighted by molar-refractivity contribution is 6.31. The summed E-state index contributed by atoms with van der Waals surface area (Å²) in [6.07, 6.45) is -3.24. The first kappa shape index (κ1) is 17.9. The topological polar surface area (TPSA) is 62.7 Å². The third-order valence-electron chi connectivity index (χ3n) is 3.38. The van der Waals surface area contributed by atoms with Crippen LogP contribution in [0.4, 0.5) is 36.3 Å². The van der Waals surface area contributed by atoms with Gasteiger partial charge in [-0.25, -0.2) is 0 Å². The van der Waals surface area contributed by atoms with Gasteiger partial charge in [-0.2, -0.15) is 23.3 Å². The van der Waals surface area contributed by atoms with E-state index in [1.807, 2.05) is 31.2 Å². The Hall–Kier alpha value is -2.87. The molecule has 0 aliphatic carbocycles. The number of benzene rings is 2. The van der Waals surface area contributed by atoms with Crippen molar-refractivity contribution in [3.63, 3.8) is 0 Å². The molecule has 0 aliphatic heterocycles. The molecule has 3 rings (SSSR count). The van der Waals surface area contributed by atoms with Gasteiger partial charge in [-0.05, 0) is 42.8 Å². The van der Waals surface area contributed by atoms with E-state index in [9.17, 15) is 13.2 Å². The Morgan fingerprint density at radius 3 is 2.50 bits per heavy atom. The lowest BCUT2D eigenvalue weighted by Crippen LogP contribution is -2.07. The molecule has 0 aliphatic rings. The lowest BCUT2D eigenvalue weighted by molar-refractivity contribution is -0.137. The fourth-order valence-corrected chi connectivity index (χ4v) is 2.46. The van der Waals surface area contributed by atoms with Crippen molar-refractivity contribution >= 4 is 34.7 Å². The van der Waals surface area contributed by atoms with Crippen LogP contribution in [0.3, 0.4) is 0 Å². The van der Waals surface area contributed by atoms with Gasteiger partial charge in [-0.15, -0.1) is 5.10 Å². The molecular weight excluding hydrogens is 367 g/mol. The van der Waals surface area contributed by atoms with Gasteiger partial charge in [0.2, 0.25) is 5.95 Å². The standard InChI is InChI=1S/C17H13ClF3N5/c1-10-3-2-4-11(7-10)24-16-25-15(9-22-26-16)23-12-5-6-14(18)13(8-12)17(19,20)21/h2-9H,1H3,(H2,23,24,25,26). The molecule has 134 valence electrons. The van der Waals surface area contributed by atoms with Gasteiger partial charge >= 0.3 is 6.18 Å². The molecule has 0 bridgehead atoms. The number of aryl methyl sites for hydroxylation is 1. The molecule has 0 atom stereocenters. The Labute approximate surface area is 152 Å². The maximum Gasteiger partial charge on any atom is 0.417 e. The summed E-state index contributed by atoms with van der Waals surface area (Å²) >= 11 is 5.62. The van der Waals surface area contributed by atoms with Crippen LogP contribution in [0.5, 0.6) is 0 Å². The van der Waals surface area contributed by atoms with E-state index in [0.717, 1.165) is 17.3 Å². The minimum absolute atomic E-state index is 0.184.